The van der Waals surface area contributed by atoms with Crippen molar-refractivity contribution in [2.45, 2.75) is 64.7 Å². The quantitative estimate of drug-likeness (QED) is 0.148. The van der Waals surface area contributed by atoms with Gasteiger partial charge >= 0.3 is 0 Å². The molecule has 1 aromatic carbocycles. The first-order valence-electron chi connectivity index (χ1n) is 12.8. The molecule has 1 N–H and O–H groups in total. The van der Waals surface area contributed by atoms with Crippen molar-refractivity contribution in [3.8, 4) is 5.75 Å². The van der Waals surface area contributed by atoms with Crippen molar-refractivity contribution >= 4 is 11.1 Å². The van der Waals surface area contributed by atoms with Gasteiger partial charge in [-0.1, -0.05) is 57.6 Å². The minimum Gasteiger partial charge on any atom is -0.491 e. The van der Waals surface area contributed by atoms with Gasteiger partial charge in [0, 0.05) is 6.61 Å². The molecular weight excluding hydrogens is 456 g/mol. The van der Waals surface area contributed by atoms with E-state index in [1.54, 1.807) is 0 Å². The largest absolute Gasteiger partial charge is 0.491 e. The second-order valence-corrected chi connectivity index (χ2v) is 9.24. The van der Waals surface area contributed by atoms with Crippen LogP contribution >= 0.6 is 0 Å². The highest BCUT2D eigenvalue weighted by Gasteiger charge is 1.98. The van der Waals surface area contributed by atoms with E-state index in [9.17, 15) is 4.21 Å². The molecule has 0 radical (unpaired) electrons. The molecule has 0 aromatic heterocycles. The monoisotopic (exact) mass is 502 g/mol. The Bertz CT molecular complexity index is 583. The van der Waals surface area contributed by atoms with Gasteiger partial charge in [-0.05, 0) is 37.0 Å². The normalized spacial score (nSPS) is 12.2. The number of aryl methyl sites for hydroxylation is 1. The highest BCUT2D eigenvalue weighted by Crippen LogP contribution is 2.15. The van der Waals surface area contributed by atoms with Crippen LogP contribution in [0.1, 0.15) is 63.9 Å². The molecule has 1 rings (SSSR count). The summed E-state index contributed by atoms with van der Waals surface area (Å²) >= 11 is -1.74. The molecule has 0 heterocycles. The standard InChI is InChI=1S/C26H46O7S/c1-2-3-4-5-6-7-8-10-25-11-13-26(14-12-25)33-23-22-32-21-20-31-19-18-30-17-16-29-15-9-24-34(27)28/h11-14H,2-10,15-24H2,1H3,(H,27,28). The molecule has 0 amide bonds. The van der Waals surface area contributed by atoms with Crippen LogP contribution in [0.25, 0.3) is 0 Å². The second-order valence-electron chi connectivity index (χ2n) is 8.19. The summed E-state index contributed by atoms with van der Waals surface area (Å²) < 4.78 is 46.5. The fraction of sp³-hybridized carbons (Fsp3) is 0.769. The Morgan fingerprint density at radius 1 is 0.647 bits per heavy atom. The lowest BCUT2D eigenvalue weighted by atomic mass is 10.0. The molecule has 0 aliphatic rings. The van der Waals surface area contributed by atoms with E-state index in [-0.39, 0.29) is 5.75 Å². The Morgan fingerprint density at radius 3 is 1.71 bits per heavy atom. The maximum atomic E-state index is 10.5. The highest BCUT2D eigenvalue weighted by atomic mass is 32.2. The van der Waals surface area contributed by atoms with Gasteiger partial charge in [-0.25, -0.2) is 4.21 Å². The summed E-state index contributed by atoms with van der Waals surface area (Å²) in [5, 5.41) is 0. The average molecular weight is 503 g/mol. The molecule has 1 atom stereocenters. The van der Waals surface area contributed by atoms with Crippen molar-refractivity contribution in [2.24, 2.45) is 0 Å². The maximum Gasteiger partial charge on any atom is 0.152 e. The predicted molar refractivity (Wildman–Crippen MR) is 137 cm³/mol. The first-order valence-corrected chi connectivity index (χ1v) is 14.1. The van der Waals surface area contributed by atoms with Crippen LogP contribution in [0.3, 0.4) is 0 Å². The maximum absolute atomic E-state index is 10.5. The third kappa shape index (κ3) is 20.4. The van der Waals surface area contributed by atoms with Crippen molar-refractivity contribution in [1.82, 2.24) is 0 Å². The molecule has 0 saturated carbocycles. The average Bonchev–Trinajstić information content (AvgIpc) is 2.84. The molecule has 8 heteroatoms. The predicted octanol–water partition coefficient (Wildman–Crippen LogP) is 5.04. The zero-order valence-corrected chi connectivity index (χ0v) is 21.9. The van der Waals surface area contributed by atoms with E-state index in [1.807, 2.05) is 12.1 Å². The van der Waals surface area contributed by atoms with E-state index >= 15 is 0 Å². The Labute approximate surface area is 209 Å². The number of unbranched alkanes of at least 4 members (excludes halogenated alkanes) is 6. The highest BCUT2D eigenvalue weighted by molar-refractivity contribution is 7.79. The lowest BCUT2D eigenvalue weighted by Crippen LogP contribution is -2.14. The summed E-state index contributed by atoms with van der Waals surface area (Å²) in [6, 6.07) is 8.41. The van der Waals surface area contributed by atoms with Crippen molar-refractivity contribution in [3.63, 3.8) is 0 Å². The first-order chi connectivity index (χ1) is 16.7. The number of rotatable bonds is 25. The molecule has 0 spiro atoms. The van der Waals surface area contributed by atoms with Crippen LogP contribution in [0.2, 0.25) is 0 Å². The Morgan fingerprint density at radius 2 is 1.15 bits per heavy atom. The van der Waals surface area contributed by atoms with Crippen LogP contribution in [0.5, 0.6) is 5.75 Å². The number of hydrogen-bond acceptors (Lipinski definition) is 6. The van der Waals surface area contributed by atoms with Crippen LogP contribution in [-0.4, -0.2) is 74.0 Å². The van der Waals surface area contributed by atoms with Crippen molar-refractivity contribution < 1.29 is 32.4 Å². The van der Waals surface area contributed by atoms with Crippen LogP contribution in [0.15, 0.2) is 24.3 Å². The molecule has 7 nitrogen and oxygen atoms in total. The minimum atomic E-state index is -1.74. The molecule has 0 saturated heterocycles. The molecule has 34 heavy (non-hydrogen) atoms. The zero-order valence-electron chi connectivity index (χ0n) is 21.0. The lowest BCUT2D eigenvalue weighted by molar-refractivity contribution is -0.00446. The Balaban J connectivity index is 1.84. The molecular formula is C26H46O7S. The summed E-state index contributed by atoms with van der Waals surface area (Å²) in [5.41, 5.74) is 1.38. The molecule has 0 aliphatic heterocycles. The molecule has 0 bridgehead atoms. The fourth-order valence-electron chi connectivity index (χ4n) is 3.30. The van der Waals surface area contributed by atoms with Gasteiger partial charge in [0.1, 0.15) is 12.4 Å². The summed E-state index contributed by atoms with van der Waals surface area (Å²) in [6.07, 6.45) is 11.1. The van der Waals surface area contributed by atoms with Gasteiger partial charge in [0.2, 0.25) is 0 Å². The first kappa shape index (κ1) is 31.0. The SMILES string of the molecule is CCCCCCCCCc1ccc(OCCOCCOCCOCCOCCCS(=O)O)cc1. The third-order valence-electron chi connectivity index (χ3n) is 5.21. The van der Waals surface area contributed by atoms with Crippen molar-refractivity contribution in [2.75, 3.05) is 65.2 Å². The van der Waals surface area contributed by atoms with E-state index in [0.717, 1.165) is 12.2 Å². The summed E-state index contributed by atoms with van der Waals surface area (Å²) in [7, 11) is 0. The molecule has 1 unspecified atom stereocenters. The van der Waals surface area contributed by atoms with Gasteiger partial charge in [0.25, 0.3) is 0 Å². The Hall–Kier alpha value is -1.03. The van der Waals surface area contributed by atoms with E-state index in [2.05, 4.69) is 19.1 Å². The minimum absolute atomic E-state index is 0.245. The van der Waals surface area contributed by atoms with E-state index in [4.69, 9.17) is 28.2 Å². The summed E-state index contributed by atoms with van der Waals surface area (Å²) in [4.78, 5) is 0. The van der Waals surface area contributed by atoms with Gasteiger partial charge in [-0.15, -0.1) is 0 Å². The van der Waals surface area contributed by atoms with Gasteiger partial charge < -0.3 is 28.2 Å². The van der Waals surface area contributed by atoms with E-state index < -0.39 is 11.1 Å². The van der Waals surface area contributed by atoms with Crippen LogP contribution in [0.4, 0.5) is 0 Å². The van der Waals surface area contributed by atoms with Crippen molar-refractivity contribution in [1.29, 1.82) is 0 Å². The Kier molecular flexibility index (Phi) is 21.6. The van der Waals surface area contributed by atoms with E-state index in [0.29, 0.717) is 65.9 Å². The van der Waals surface area contributed by atoms with Crippen LogP contribution in [0, 0.1) is 0 Å². The summed E-state index contributed by atoms with van der Waals surface area (Å²) in [5.74, 6) is 1.13. The summed E-state index contributed by atoms with van der Waals surface area (Å²) in [6.45, 7) is 6.79. The molecule has 198 valence electrons. The molecule has 1 aromatic rings. The molecule has 0 fully saturated rings. The van der Waals surface area contributed by atoms with Crippen LogP contribution < -0.4 is 4.74 Å². The zero-order chi connectivity index (χ0) is 24.5. The fourth-order valence-corrected chi connectivity index (χ4v) is 3.67. The smallest absolute Gasteiger partial charge is 0.152 e. The number of benzene rings is 1. The number of ether oxygens (including phenoxy) is 5. The van der Waals surface area contributed by atoms with Gasteiger partial charge in [0.05, 0.1) is 52.0 Å². The van der Waals surface area contributed by atoms with Gasteiger partial charge in [0.15, 0.2) is 11.1 Å². The lowest BCUT2D eigenvalue weighted by Gasteiger charge is -2.09. The van der Waals surface area contributed by atoms with E-state index in [1.165, 1.54) is 50.5 Å². The van der Waals surface area contributed by atoms with Gasteiger partial charge in [-0.2, -0.15) is 0 Å². The molecule has 0 aliphatic carbocycles. The second kappa shape index (κ2) is 23.7. The third-order valence-corrected chi connectivity index (χ3v) is 5.85. The van der Waals surface area contributed by atoms with Crippen LogP contribution in [-0.2, 0) is 36.4 Å². The number of hydrogen-bond donors (Lipinski definition) is 1. The van der Waals surface area contributed by atoms with Gasteiger partial charge in [-0.3, -0.25) is 0 Å². The topological polar surface area (TPSA) is 83.5 Å². The van der Waals surface area contributed by atoms with Crippen molar-refractivity contribution in [3.05, 3.63) is 29.8 Å².